The molecule has 3 unspecified atom stereocenters. The van der Waals surface area contributed by atoms with Crippen LogP contribution >= 0.6 is 0 Å². The Balaban J connectivity index is 1.90. The van der Waals surface area contributed by atoms with Crippen molar-refractivity contribution in [3.05, 3.63) is 65.1 Å². The van der Waals surface area contributed by atoms with E-state index in [0.29, 0.717) is 5.56 Å². The van der Waals surface area contributed by atoms with Crippen LogP contribution in [0.5, 0.6) is 0 Å². The maximum atomic E-state index is 10.6. The van der Waals surface area contributed by atoms with Crippen molar-refractivity contribution in [1.29, 1.82) is 0 Å². The number of imidazole rings is 1. The second-order valence-corrected chi connectivity index (χ2v) is 6.09. The molecule has 5 nitrogen and oxygen atoms in total. The van der Waals surface area contributed by atoms with Crippen LogP contribution in [0.2, 0.25) is 0 Å². The molecule has 1 aliphatic heterocycles. The number of aliphatic hydroxyl groups is 2. The van der Waals surface area contributed by atoms with Gasteiger partial charge in [0.2, 0.25) is 0 Å². The lowest BCUT2D eigenvalue weighted by atomic mass is 9.89. The van der Waals surface area contributed by atoms with Crippen molar-refractivity contribution in [2.24, 2.45) is 0 Å². The second kappa shape index (κ2) is 5.08. The predicted molar refractivity (Wildman–Crippen MR) is 88.4 cm³/mol. The van der Waals surface area contributed by atoms with Crippen molar-refractivity contribution in [1.82, 2.24) is 9.38 Å². The van der Waals surface area contributed by atoms with Crippen molar-refractivity contribution >= 4 is 11.3 Å². The van der Waals surface area contributed by atoms with Crippen molar-refractivity contribution in [3.8, 4) is 0 Å². The lowest BCUT2D eigenvalue weighted by Gasteiger charge is -2.35. The van der Waals surface area contributed by atoms with Gasteiger partial charge in [0.05, 0.1) is 17.4 Å². The number of hydrogen-bond donors (Lipinski definition) is 3. The molecule has 0 saturated carbocycles. The number of aromatic nitrogens is 2. The maximum Gasteiger partial charge on any atom is 0.161 e. The highest BCUT2D eigenvalue weighted by molar-refractivity contribution is 5.75. The van der Waals surface area contributed by atoms with Gasteiger partial charge in [-0.3, -0.25) is 0 Å². The number of fused-ring (bicyclic) bond motifs is 3. The minimum Gasteiger partial charge on any atom is -0.388 e. The summed E-state index contributed by atoms with van der Waals surface area (Å²) < 4.78 is 2.01. The van der Waals surface area contributed by atoms with E-state index >= 15 is 0 Å². The molecule has 3 N–H and O–H groups in total. The summed E-state index contributed by atoms with van der Waals surface area (Å²) in [5, 5.41) is 24.5. The van der Waals surface area contributed by atoms with E-state index in [9.17, 15) is 10.2 Å². The Morgan fingerprint density at radius 2 is 1.83 bits per heavy atom. The van der Waals surface area contributed by atoms with Crippen molar-refractivity contribution in [2.45, 2.75) is 32.1 Å². The average Bonchev–Trinajstić information content (AvgIpc) is 2.86. The van der Waals surface area contributed by atoms with E-state index in [1.807, 2.05) is 60.8 Å². The van der Waals surface area contributed by atoms with Gasteiger partial charge in [-0.2, -0.15) is 0 Å². The van der Waals surface area contributed by atoms with Gasteiger partial charge in [0.1, 0.15) is 12.2 Å². The zero-order valence-electron chi connectivity index (χ0n) is 13.1. The molecule has 118 valence electrons. The molecule has 0 fully saturated rings. The molecule has 1 aromatic carbocycles. The lowest BCUT2D eigenvalue weighted by Crippen LogP contribution is -2.36. The van der Waals surface area contributed by atoms with Crippen LogP contribution in [0.4, 0.5) is 5.69 Å². The smallest absolute Gasteiger partial charge is 0.161 e. The number of anilines is 1. The second-order valence-electron chi connectivity index (χ2n) is 6.09. The lowest BCUT2D eigenvalue weighted by molar-refractivity contribution is 0.00198. The molecule has 1 aliphatic rings. The summed E-state index contributed by atoms with van der Waals surface area (Å²) in [4.78, 5) is 4.62. The quantitative estimate of drug-likeness (QED) is 0.646. The number of nitrogens with one attached hydrogen (secondary N) is 1. The number of aryl methyl sites for hydroxylation is 2. The Kier molecular flexibility index (Phi) is 3.14. The van der Waals surface area contributed by atoms with Crippen molar-refractivity contribution < 1.29 is 10.2 Å². The van der Waals surface area contributed by atoms with Gasteiger partial charge in [-0.25, -0.2) is 4.98 Å². The molecule has 0 radical (unpaired) electrons. The number of nitrogens with zero attached hydrogens (tertiary/aromatic N) is 2. The van der Waals surface area contributed by atoms with Crippen molar-refractivity contribution in [2.75, 3.05) is 5.32 Å². The van der Waals surface area contributed by atoms with E-state index in [1.165, 1.54) is 0 Å². The molecular formula is C18H19N3O2. The molecule has 4 rings (SSSR count). The first-order valence-electron chi connectivity index (χ1n) is 7.73. The van der Waals surface area contributed by atoms with E-state index < -0.39 is 12.2 Å². The molecule has 0 aliphatic carbocycles. The summed E-state index contributed by atoms with van der Waals surface area (Å²) in [5.74, 6) is 0. The fourth-order valence-electron chi connectivity index (χ4n) is 3.30. The van der Waals surface area contributed by atoms with Gasteiger partial charge in [-0.15, -0.1) is 0 Å². The summed E-state index contributed by atoms with van der Waals surface area (Å²) in [5.41, 5.74) is 5.21. The van der Waals surface area contributed by atoms with Crippen LogP contribution in [0.1, 0.15) is 34.7 Å². The normalized spacial score (nSPS) is 23.6. The Labute approximate surface area is 134 Å². The maximum absolute atomic E-state index is 10.6. The standard InChI is InChI=1S/C18H19N3O2/c1-10-11(2)21-9-8-13-15(18(21)19-10)20-14(17(23)16(13)22)12-6-4-3-5-7-12/h3-9,14,16-17,20,22-23H,1-2H3. The highest BCUT2D eigenvalue weighted by Crippen LogP contribution is 2.41. The van der Waals surface area contributed by atoms with E-state index in [2.05, 4.69) is 10.3 Å². The SMILES string of the molecule is Cc1nc2c3c(ccn2c1C)C(O)C(O)C(c1ccccc1)N3. The molecule has 3 atom stereocenters. The van der Waals surface area contributed by atoms with Crippen LogP contribution in [0.25, 0.3) is 5.65 Å². The number of pyridine rings is 1. The highest BCUT2D eigenvalue weighted by Gasteiger charge is 2.36. The molecule has 5 heteroatoms. The van der Waals surface area contributed by atoms with Crippen molar-refractivity contribution in [3.63, 3.8) is 0 Å². The third-order valence-corrected chi connectivity index (χ3v) is 4.74. The van der Waals surface area contributed by atoms with E-state index in [1.54, 1.807) is 0 Å². The van der Waals surface area contributed by atoms with E-state index in [4.69, 9.17) is 0 Å². The average molecular weight is 309 g/mol. The van der Waals surface area contributed by atoms with Gasteiger partial charge in [0, 0.05) is 17.5 Å². The largest absolute Gasteiger partial charge is 0.388 e. The molecular weight excluding hydrogens is 290 g/mol. The van der Waals surface area contributed by atoms with Crippen LogP contribution in [0.15, 0.2) is 42.6 Å². The zero-order valence-corrected chi connectivity index (χ0v) is 13.1. The molecule has 3 aromatic rings. The Morgan fingerprint density at radius 1 is 1.09 bits per heavy atom. The number of hydrogen-bond acceptors (Lipinski definition) is 4. The highest BCUT2D eigenvalue weighted by atomic mass is 16.3. The summed E-state index contributed by atoms with van der Waals surface area (Å²) >= 11 is 0. The molecule has 0 bridgehead atoms. The molecule has 2 aromatic heterocycles. The Morgan fingerprint density at radius 3 is 2.57 bits per heavy atom. The minimum absolute atomic E-state index is 0.373. The number of benzene rings is 1. The molecule has 0 amide bonds. The molecule has 3 heterocycles. The van der Waals surface area contributed by atoms with Gasteiger partial charge in [0.25, 0.3) is 0 Å². The minimum atomic E-state index is -0.946. The third-order valence-electron chi connectivity index (χ3n) is 4.74. The monoisotopic (exact) mass is 309 g/mol. The Bertz CT molecular complexity index is 873. The summed E-state index contributed by atoms with van der Waals surface area (Å²) in [7, 11) is 0. The Hall–Kier alpha value is -2.37. The van der Waals surface area contributed by atoms with Gasteiger partial charge >= 0.3 is 0 Å². The van der Waals surface area contributed by atoms with Gasteiger partial charge in [0.15, 0.2) is 5.65 Å². The van der Waals surface area contributed by atoms with Gasteiger partial charge in [-0.1, -0.05) is 30.3 Å². The number of rotatable bonds is 1. The van der Waals surface area contributed by atoms with Gasteiger partial charge in [-0.05, 0) is 25.5 Å². The molecule has 23 heavy (non-hydrogen) atoms. The van der Waals surface area contributed by atoms with Crippen LogP contribution in [-0.4, -0.2) is 25.7 Å². The first-order valence-corrected chi connectivity index (χ1v) is 7.73. The summed E-state index contributed by atoms with van der Waals surface area (Å²) in [6.07, 6.45) is 0.0347. The van der Waals surface area contributed by atoms with Crippen LogP contribution in [-0.2, 0) is 0 Å². The fourth-order valence-corrected chi connectivity index (χ4v) is 3.30. The predicted octanol–water partition coefficient (Wildman–Crippen LogP) is 2.51. The first kappa shape index (κ1) is 14.2. The van der Waals surface area contributed by atoms with Crippen LogP contribution in [0, 0.1) is 13.8 Å². The van der Waals surface area contributed by atoms with Crippen LogP contribution < -0.4 is 5.32 Å². The molecule has 0 spiro atoms. The van der Waals surface area contributed by atoms with Gasteiger partial charge < -0.3 is 19.9 Å². The fraction of sp³-hybridized carbons (Fsp3) is 0.278. The topological polar surface area (TPSA) is 69.8 Å². The van der Waals surface area contributed by atoms with E-state index in [-0.39, 0.29) is 6.04 Å². The summed E-state index contributed by atoms with van der Waals surface area (Å²) in [6.45, 7) is 3.99. The van der Waals surface area contributed by atoms with E-state index in [0.717, 1.165) is 28.3 Å². The number of aliphatic hydroxyl groups excluding tert-OH is 2. The third kappa shape index (κ3) is 2.04. The summed E-state index contributed by atoms with van der Waals surface area (Å²) in [6, 6.07) is 11.1. The molecule has 0 saturated heterocycles. The zero-order chi connectivity index (χ0) is 16.1. The first-order chi connectivity index (χ1) is 11.1. The van der Waals surface area contributed by atoms with Crippen LogP contribution in [0.3, 0.4) is 0 Å².